The largest absolute Gasteiger partial charge is 0.450 e. The second-order valence-corrected chi connectivity index (χ2v) is 9.24. The minimum absolute atomic E-state index is 0.122. The molecular formula is C21H33N3O4. The zero-order valence-electron chi connectivity index (χ0n) is 17.1. The van der Waals surface area contributed by atoms with Crippen molar-refractivity contribution in [3.63, 3.8) is 0 Å². The van der Waals surface area contributed by atoms with E-state index in [2.05, 4.69) is 16.7 Å². The lowest BCUT2D eigenvalue weighted by Gasteiger charge is -2.49. The molecule has 28 heavy (non-hydrogen) atoms. The van der Waals surface area contributed by atoms with Gasteiger partial charge in [-0.2, -0.15) is 0 Å². The van der Waals surface area contributed by atoms with Gasteiger partial charge in [0.1, 0.15) is 0 Å². The van der Waals surface area contributed by atoms with Crippen molar-refractivity contribution in [2.45, 2.75) is 63.7 Å². The summed E-state index contributed by atoms with van der Waals surface area (Å²) in [6.07, 6.45) is 4.11. The summed E-state index contributed by atoms with van der Waals surface area (Å²) in [6, 6.07) is 1.27. The highest BCUT2D eigenvalue weighted by molar-refractivity contribution is 5.83. The number of fused-ring (bicyclic) bond motifs is 3. The molecule has 2 saturated carbocycles. The summed E-state index contributed by atoms with van der Waals surface area (Å²) in [5.41, 5.74) is 0. The number of carbonyl (C=O) groups excluding carboxylic acids is 2. The number of rotatable bonds is 5. The van der Waals surface area contributed by atoms with E-state index in [1.165, 1.54) is 12.8 Å². The number of likely N-dealkylation sites (tertiary alicyclic amines) is 1. The number of morpholine rings is 1. The van der Waals surface area contributed by atoms with Gasteiger partial charge in [-0.25, -0.2) is 4.79 Å². The highest BCUT2D eigenvalue weighted by Gasteiger charge is 2.62. The standard InChI is InChI=1S/C21H33N3O4/c1-3-23(13-5-6-13)20(25)19-17-9-22(10-18(17)19)14-7-15-11-27-12-16(8-14)24(15)21(26)28-4-2/h13-19H,3-12H2,1-2H3. The molecule has 0 N–H and O–H groups in total. The van der Waals surface area contributed by atoms with Crippen LogP contribution in [-0.2, 0) is 14.3 Å². The maximum absolute atomic E-state index is 12.9. The molecule has 0 aromatic heterocycles. The van der Waals surface area contributed by atoms with Crippen molar-refractivity contribution in [2.24, 2.45) is 17.8 Å². The van der Waals surface area contributed by atoms with Crippen LogP contribution < -0.4 is 0 Å². The Hall–Kier alpha value is -1.34. The molecule has 3 heterocycles. The Kier molecular flexibility index (Phi) is 4.78. The van der Waals surface area contributed by atoms with Gasteiger partial charge < -0.3 is 14.4 Å². The van der Waals surface area contributed by atoms with E-state index in [4.69, 9.17) is 9.47 Å². The van der Waals surface area contributed by atoms with Crippen molar-refractivity contribution in [1.29, 1.82) is 0 Å². The SMILES string of the molecule is CCOC(=O)N1C2COCC1CC(N1CC3C(C1)C3C(=O)N(CC)C1CC1)C2. The van der Waals surface area contributed by atoms with Crippen LogP contribution in [0.15, 0.2) is 0 Å². The topological polar surface area (TPSA) is 62.3 Å². The highest BCUT2D eigenvalue weighted by Crippen LogP contribution is 2.54. The van der Waals surface area contributed by atoms with E-state index >= 15 is 0 Å². The number of hydrogen-bond acceptors (Lipinski definition) is 5. The monoisotopic (exact) mass is 391 g/mol. The zero-order valence-corrected chi connectivity index (χ0v) is 17.1. The Morgan fingerprint density at radius 1 is 1.04 bits per heavy atom. The third-order valence-electron chi connectivity index (χ3n) is 7.61. The van der Waals surface area contributed by atoms with Crippen molar-refractivity contribution in [1.82, 2.24) is 14.7 Å². The Labute approximate surface area is 167 Å². The first kappa shape index (κ1) is 18.7. The van der Waals surface area contributed by atoms with Crippen molar-refractivity contribution in [2.75, 3.05) is 39.5 Å². The first-order valence-corrected chi connectivity index (χ1v) is 11.2. The molecule has 156 valence electrons. The van der Waals surface area contributed by atoms with Crippen molar-refractivity contribution >= 4 is 12.0 Å². The molecule has 2 bridgehead atoms. The summed E-state index contributed by atoms with van der Waals surface area (Å²) >= 11 is 0. The van der Waals surface area contributed by atoms with Gasteiger partial charge in [0, 0.05) is 37.6 Å². The maximum atomic E-state index is 12.9. The van der Waals surface area contributed by atoms with Gasteiger partial charge in [0.2, 0.25) is 5.91 Å². The van der Waals surface area contributed by atoms with Crippen LogP contribution in [0.5, 0.6) is 0 Å². The van der Waals surface area contributed by atoms with Crippen molar-refractivity contribution in [3.8, 4) is 0 Å². The van der Waals surface area contributed by atoms with E-state index in [0.717, 1.165) is 32.5 Å². The molecule has 3 aliphatic heterocycles. The molecule has 5 aliphatic rings. The quantitative estimate of drug-likeness (QED) is 0.712. The minimum atomic E-state index is -0.186. The Balaban J connectivity index is 1.18. The van der Waals surface area contributed by atoms with E-state index in [1.54, 1.807) is 0 Å². The number of hydrogen-bond donors (Lipinski definition) is 0. The van der Waals surface area contributed by atoms with Crippen LogP contribution in [0, 0.1) is 17.8 Å². The molecule has 7 nitrogen and oxygen atoms in total. The van der Waals surface area contributed by atoms with Gasteiger partial charge in [-0.3, -0.25) is 14.6 Å². The lowest BCUT2D eigenvalue weighted by molar-refractivity contribution is -0.134. The summed E-state index contributed by atoms with van der Waals surface area (Å²) in [7, 11) is 0. The molecule has 4 unspecified atom stereocenters. The van der Waals surface area contributed by atoms with Gasteiger partial charge in [-0.05, 0) is 51.4 Å². The number of nitrogens with zero attached hydrogens (tertiary/aromatic N) is 3. The van der Waals surface area contributed by atoms with Gasteiger partial charge in [0.25, 0.3) is 0 Å². The van der Waals surface area contributed by atoms with Gasteiger partial charge in [0.15, 0.2) is 0 Å². The second kappa shape index (κ2) is 7.17. The van der Waals surface area contributed by atoms with Crippen molar-refractivity contribution < 1.29 is 19.1 Å². The van der Waals surface area contributed by atoms with Gasteiger partial charge in [-0.1, -0.05) is 0 Å². The van der Waals surface area contributed by atoms with Gasteiger partial charge in [-0.15, -0.1) is 0 Å². The van der Waals surface area contributed by atoms with E-state index in [1.807, 2.05) is 11.8 Å². The van der Waals surface area contributed by atoms with Crippen LogP contribution in [0.25, 0.3) is 0 Å². The first-order valence-electron chi connectivity index (χ1n) is 11.2. The number of amides is 2. The summed E-state index contributed by atoms with van der Waals surface area (Å²) in [6.45, 7) is 8.56. The lowest BCUT2D eigenvalue weighted by atomic mass is 9.89. The Bertz CT molecular complexity index is 613. The smallest absolute Gasteiger partial charge is 0.410 e. The molecule has 5 rings (SSSR count). The zero-order chi connectivity index (χ0) is 19.4. The molecule has 0 aromatic carbocycles. The Morgan fingerprint density at radius 3 is 2.21 bits per heavy atom. The Morgan fingerprint density at radius 2 is 1.68 bits per heavy atom. The van der Waals surface area contributed by atoms with E-state index in [0.29, 0.717) is 49.6 Å². The second-order valence-electron chi connectivity index (χ2n) is 9.24. The minimum Gasteiger partial charge on any atom is -0.450 e. The summed E-state index contributed by atoms with van der Waals surface area (Å²) < 4.78 is 11.0. The molecule has 2 amide bonds. The number of carbonyl (C=O) groups is 2. The summed E-state index contributed by atoms with van der Waals surface area (Å²) in [4.78, 5) is 31.9. The van der Waals surface area contributed by atoms with Crippen LogP contribution in [0.2, 0.25) is 0 Å². The van der Waals surface area contributed by atoms with Gasteiger partial charge >= 0.3 is 6.09 Å². The molecule has 0 aromatic rings. The van der Waals surface area contributed by atoms with Crippen LogP contribution in [0.4, 0.5) is 4.79 Å². The molecule has 3 saturated heterocycles. The maximum Gasteiger partial charge on any atom is 0.410 e. The fourth-order valence-corrected chi connectivity index (χ4v) is 6.08. The highest BCUT2D eigenvalue weighted by atomic mass is 16.6. The molecule has 5 fully saturated rings. The van der Waals surface area contributed by atoms with E-state index in [9.17, 15) is 9.59 Å². The summed E-state index contributed by atoms with van der Waals surface area (Å²) in [5.74, 6) is 1.81. The van der Waals surface area contributed by atoms with Crippen LogP contribution >= 0.6 is 0 Å². The average molecular weight is 392 g/mol. The van der Waals surface area contributed by atoms with Crippen LogP contribution in [0.3, 0.4) is 0 Å². The third kappa shape index (κ3) is 3.11. The first-order chi connectivity index (χ1) is 13.6. The normalized spacial score (nSPS) is 39.4. The number of ether oxygens (including phenoxy) is 2. The van der Waals surface area contributed by atoms with E-state index in [-0.39, 0.29) is 24.1 Å². The fourth-order valence-electron chi connectivity index (χ4n) is 6.08. The average Bonchev–Trinajstić information content (AvgIpc) is 3.58. The number of piperidine rings is 2. The van der Waals surface area contributed by atoms with Crippen LogP contribution in [-0.4, -0.2) is 90.3 Å². The van der Waals surface area contributed by atoms with E-state index < -0.39 is 0 Å². The van der Waals surface area contributed by atoms with Gasteiger partial charge in [0.05, 0.1) is 31.9 Å². The van der Waals surface area contributed by atoms with Crippen molar-refractivity contribution in [3.05, 3.63) is 0 Å². The third-order valence-corrected chi connectivity index (χ3v) is 7.61. The molecule has 2 aliphatic carbocycles. The molecule has 0 radical (unpaired) electrons. The molecule has 4 atom stereocenters. The molecule has 7 heteroatoms. The molecule has 0 spiro atoms. The van der Waals surface area contributed by atoms with Crippen LogP contribution in [0.1, 0.15) is 39.5 Å². The lowest BCUT2D eigenvalue weighted by Crippen LogP contribution is -2.62. The fraction of sp³-hybridized carbons (Fsp3) is 0.905. The molecular weight excluding hydrogens is 358 g/mol. The predicted octanol–water partition coefficient (Wildman–Crippen LogP) is 1.56. The predicted molar refractivity (Wildman–Crippen MR) is 103 cm³/mol. The summed E-state index contributed by atoms with van der Waals surface area (Å²) in [5, 5.41) is 0.